The van der Waals surface area contributed by atoms with Crippen LogP contribution in [0.5, 0.6) is 0 Å². The maximum atomic E-state index is 12.8. The van der Waals surface area contributed by atoms with Crippen molar-refractivity contribution in [1.82, 2.24) is 4.90 Å². The molecular formula is C20H20N2O8S. The number of β-lactam (4-membered cyclic amide) rings is 1. The molecule has 10 nitrogen and oxygen atoms in total. The number of aliphatic hydroxyl groups is 1. The molecule has 0 spiro atoms. The third-order valence-electron chi connectivity index (χ3n) is 5.07. The van der Waals surface area contributed by atoms with Gasteiger partial charge in [-0.25, -0.2) is 4.79 Å². The molecule has 1 N–H and O–H groups in total. The SMILES string of the molecule is C[C@@H](OC=O)[C@H]1C(=O)N2C(C(=O)OCc3ccc([N+](=O)[O-])cc3)=C(S/C=C/CO)C[C@H]12. The third kappa shape index (κ3) is 4.62. The molecule has 3 atom stereocenters. The van der Waals surface area contributed by atoms with Crippen molar-refractivity contribution in [3.63, 3.8) is 0 Å². The van der Waals surface area contributed by atoms with Crippen molar-refractivity contribution in [1.29, 1.82) is 0 Å². The summed E-state index contributed by atoms with van der Waals surface area (Å²) in [5.74, 6) is -1.58. The summed E-state index contributed by atoms with van der Waals surface area (Å²) >= 11 is 1.21. The summed E-state index contributed by atoms with van der Waals surface area (Å²) in [5, 5.41) is 21.3. The van der Waals surface area contributed by atoms with Crippen molar-refractivity contribution >= 4 is 35.8 Å². The lowest BCUT2D eigenvalue weighted by Crippen LogP contribution is -2.62. The summed E-state index contributed by atoms with van der Waals surface area (Å²) in [7, 11) is 0. The summed E-state index contributed by atoms with van der Waals surface area (Å²) in [5.41, 5.74) is 0.609. The van der Waals surface area contributed by atoms with Crippen LogP contribution in [0, 0.1) is 16.0 Å². The minimum absolute atomic E-state index is 0.0744. The lowest BCUT2D eigenvalue weighted by molar-refractivity contribution is -0.384. The van der Waals surface area contributed by atoms with Crippen molar-refractivity contribution in [3.05, 3.63) is 62.0 Å². The number of nitro benzene ring substituents is 1. The quantitative estimate of drug-likeness (QED) is 0.187. The highest BCUT2D eigenvalue weighted by molar-refractivity contribution is 8.05. The van der Waals surface area contributed by atoms with E-state index >= 15 is 0 Å². The first kappa shape index (κ1) is 22.5. The van der Waals surface area contributed by atoms with E-state index in [2.05, 4.69) is 0 Å². The second-order valence-corrected chi connectivity index (χ2v) is 7.89. The van der Waals surface area contributed by atoms with Gasteiger partial charge in [0.05, 0.1) is 23.5 Å². The number of hydrogen-bond donors (Lipinski definition) is 1. The van der Waals surface area contributed by atoms with E-state index in [1.165, 1.54) is 47.0 Å². The Morgan fingerprint density at radius 3 is 2.74 bits per heavy atom. The summed E-state index contributed by atoms with van der Waals surface area (Å²) < 4.78 is 10.3. The lowest BCUT2D eigenvalue weighted by Gasteiger charge is -2.45. The van der Waals surface area contributed by atoms with E-state index in [-0.39, 0.29) is 36.5 Å². The molecule has 0 aromatic heterocycles. The van der Waals surface area contributed by atoms with Crippen molar-refractivity contribution in [3.8, 4) is 0 Å². The number of hydrogen-bond acceptors (Lipinski definition) is 9. The standard InChI is InChI=1S/C20H20N2O8S/c1-12(30-11-24)17-15-9-16(31-8-2-7-23)18(21(15)19(17)25)20(26)29-10-13-3-5-14(6-4-13)22(27)28/h2-6,8,11-12,15,17,23H,7,9-10H2,1H3/b8-2+/t12-,15-,17-/m1/s1. The van der Waals surface area contributed by atoms with Gasteiger partial charge in [-0.3, -0.25) is 19.7 Å². The number of benzene rings is 1. The summed E-state index contributed by atoms with van der Waals surface area (Å²) in [6.45, 7) is 1.63. The Morgan fingerprint density at radius 2 is 2.13 bits per heavy atom. The summed E-state index contributed by atoms with van der Waals surface area (Å²) in [6.07, 6.45) is 1.27. The minimum Gasteiger partial charge on any atom is -0.464 e. The number of non-ortho nitro benzene ring substituents is 1. The maximum absolute atomic E-state index is 12.8. The molecule has 3 rings (SSSR count). The van der Waals surface area contributed by atoms with Gasteiger partial charge in [0.25, 0.3) is 12.2 Å². The third-order valence-corrected chi connectivity index (χ3v) is 6.04. The van der Waals surface area contributed by atoms with Gasteiger partial charge in [-0.15, -0.1) is 11.8 Å². The number of esters is 1. The van der Waals surface area contributed by atoms with Gasteiger partial charge in [0, 0.05) is 23.5 Å². The number of thioether (sulfide) groups is 1. The van der Waals surface area contributed by atoms with Crippen molar-refractivity contribution < 1.29 is 33.9 Å². The summed E-state index contributed by atoms with van der Waals surface area (Å²) in [4.78, 5) is 48.3. The highest BCUT2D eigenvalue weighted by Crippen LogP contribution is 2.48. The second-order valence-electron chi connectivity index (χ2n) is 6.89. The Morgan fingerprint density at radius 1 is 1.42 bits per heavy atom. The molecule has 0 saturated carbocycles. The van der Waals surface area contributed by atoms with Gasteiger partial charge in [-0.05, 0) is 30.0 Å². The maximum Gasteiger partial charge on any atom is 0.356 e. The number of fused-ring (bicyclic) bond motifs is 1. The number of amides is 1. The van der Waals surface area contributed by atoms with Crippen LogP contribution in [0.25, 0.3) is 0 Å². The number of aliphatic hydroxyl groups excluding tert-OH is 1. The second kappa shape index (κ2) is 9.75. The van der Waals surface area contributed by atoms with Crippen LogP contribution in [-0.4, -0.2) is 52.0 Å². The van der Waals surface area contributed by atoms with E-state index in [9.17, 15) is 24.5 Å². The average molecular weight is 448 g/mol. The molecule has 1 aromatic carbocycles. The van der Waals surface area contributed by atoms with E-state index in [4.69, 9.17) is 14.6 Å². The molecule has 2 heterocycles. The Labute approximate surface area is 181 Å². The zero-order valence-corrected chi connectivity index (χ0v) is 17.3. The molecule has 2 aliphatic rings. The van der Waals surface area contributed by atoms with Crippen molar-refractivity contribution in [2.24, 2.45) is 5.92 Å². The Bertz CT molecular complexity index is 943. The van der Waals surface area contributed by atoms with Gasteiger partial charge >= 0.3 is 5.97 Å². The topological polar surface area (TPSA) is 136 Å². The Balaban J connectivity index is 1.74. The van der Waals surface area contributed by atoms with E-state index < -0.39 is 22.9 Å². The van der Waals surface area contributed by atoms with Gasteiger partial charge in [0.2, 0.25) is 5.91 Å². The number of carbonyl (C=O) groups excluding carboxylic acids is 3. The zero-order valence-electron chi connectivity index (χ0n) is 16.5. The highest BCUT2D eigenvalue weighted by Gasteiger charge is 2.57. The fraction of sp³-hybridized carbons (Fsp3) is 0.350. The van der Waals surface area contributed by atoms with Crippen LogP contribution in [0.3, 0.4) is 0 Å². The fourth-order valence-corrected chi connectivity index (χ4v) is 4.50. The Kier molecular flexibility index (Phi) is 7.08. The van der Waals surface area contributed by atoms with Crippen LogP contribution in [0.4, 0.5) is 5.69 Å². The highest BCUT2D eigenvalue weighted by atomic mass is 32.2. The van der Waals surface area contributed by atoms with E-state index in [1.807, 2.05) is 0 Å². The van der Waals surface area contributed by atoms with Gasteiger partial charge in [-0.2, -0.15) is 0 Å². The molecule has 1 amide bonds. The van der Waals surface area contributed by atoms with Gasteiger partial charge in [0.15, 0.2) is 0 Å². The molecule has 0 radical (unpaired) electrons. The van der Waals surface area contributed by atoms with E-state index in [0.29, 0.717) is 23.4 Å². The van der Waals surface area contributed by atoms with Crippen LogP contribution < -0.4 is 0 Å². The van der Waals surface area contributed by atoms with Crippen molar-refractivity contribution in [2.75, 3.05) is 6.61 Å². The fourth-order valence-electron chi connectivity index (χ4n) is 3.59. The molecule has 0 unspecified atom stereocenters. The van der Waals surface area contributed by atoms with Crippen LogP contribution in [-0.2, 0) is 30.5 Å². The molecule has 1 aromatic rings. The molecular weight excluding hydrogens is 428 g/mol. The predicted octanol–water partition coefficient (Wildman–Crippen LogP) is 1.88. The molecule has 0 bridgehead atoms. The van der Waals surface area contributed by atoms with E-state index in [1.54, 1.807) is 12.3 Å². The molecule has 31 heavy (non-hydrogen) atoms. The molecule has 164 valence electrons. The first-order valence-corrected chi connectivity index (χ1v) is 10.2. The van der Waals surface area contributed by atoms with Gasteiger partial charge in [-0.1, -0.05) is 6.08 Å². The van der Waals surface area contributed by atoms with Crippen LogP contribution >= 0.6 is 11.8 Å². The van der Waals surface area contributed by atoms with Crippen LogP contribution in [0.1, 0.15) is 18.9 Å². The van der Waals surface area contributed by atoms with Gasteiger partial charge < -0.3 is 19.5 Å². The largest absolute Gasteiger partial charge is 0.464 e. The zero-order chi connectivity index (χ0) is 22.5. The van der Waals surface area contributed by atoms with Crippen LogP contribution in [0.2, 0.25) is 0 Å². The number of ether oxygens (including phenoxy) is 2. The first-order chi connectivity index (χ1) is 14.9. The number of nitrogens with zero attached hydrogens (tertiary/aromatic N) is 2. The molecule has 0 aliphatic carbocycles. The normalized spacial score (nSPS) is 21.0. The predicted molar refractivity (Wildman–Crippen MR) is 109 cm³/mol. The first-order valence-electron chi connectivity index (χ1n) is 9.37. The molecule has 1 saturated heterocycles. The number of nitro groups is 1. The van der Waals surface area contributed by atoms with Crippen LogP contribution in [0.15, 0.2) is 46.4 Å². The monoisotopic (exact) mass is 448 g/mol. The number of carbonyl (C=O) groups is 3. The minimum atomic E-state index is -0.698. The molecule has 11 heteroatoms. The lowest BCUT2D eigenvalue weighted by atomic mass is 9.83. The number of rotatable bonds is 10. The molecule has 1 fully saturated rings. The van der Waals surface area contributed by atoms with E-state index in [0.717, 1.165) is 0 Å². The van der Waals surface area contributed by atoms with Gasteiger partial charge in [0.1, 0.15) is 18.4 Å². The van der Waals surface area contributed by atoms with Crippen molar-refractivity contribution in [2.45, 2.75) is 32.1 Å². The molecule has 2 aliphatic heterocycles. The smallest absolute Gasteiger partial charge is 0.356 e. The Hall–Kier alpha value is -3.18. The summed E-state index contributed by atoms with van der Waals surface area (Å²) in [6, 6.07) is 5.27. The average Bonchev–Trinajstić information content (AvgIpc) is 3.07.